The minimum Gasteiger partial charge on any atom is -0.506 e. The molecule has 20 heavy (non-hydrogen) atoms. The number of pyridine rings is 1. The highest BCUT2D eigenvalue weighted by atomic mass is 19.4. The van der Waals surface area contributed by atoms with Gasteiger partial charge in [-0.3, -0.25) is 9.78 Å². The molecular formula is C13H15F3N2O2. The van der Waals surface area contributed by atoms with Crippen LogP contribution in [-0.4, -0.2) is 39.7 Å². The molecule has 1 N–H and O–H groups in total. The van der Waals surface area contributed by atoms with E-state index in [0.717, 1.165) is 36.2 Å². The molecule has 0 aromatic carbocycles. The largest absolute Gasteiger partial charge is 0.506 e. The normalized spacial score (nSPS) is 16.8. The van der Waals surface area contributed by atoms with Crippen molar-refractivity contribution < 1.29 is 23.1 Å². The molecule has 0 saturated heterocycles. The van der Waals surface area contributed by atoms with E-state index in [1.165, 1.54) is 0 Å². The van der Waals surface area contributed by atoms with E-state index >= 15 is 0 Å². The Balaban J connectivity index is 2.23. The van der Waals surface area contributed by atoms with Gasteiger partial charge in [-0.1, -0.05) is 0 Å². The second kappa shape index (κ2) is 5.30. The summed E-state index contributed by atoms with van der Waals surface area (Å²) in [4.78, 5) is 16.7. The maximum atomic E-state index is 12.6. The molecule has 1 aliphatic carbocycles. The lowest BCUT2D eigenvalue weighted by atomic mass is 10.1. The van der Waals surface area contributed by atoms with Crippen LogP contribution < -0.4 is 0 Å². The van der Waals surface area contributed by atoms with Crippen molar-refractivity contribution in [1.29, 1.82) is 0 Å². The molecule has 2 rings (SSSR count). The van der Waals surface area contributed by atoms with Gasteiger partial charge in [0.15, 0.2) is 0 Å². The first kappa shape index (κ1) is 14.6. The first-order chi connectivity index (χ1) is 9.28. The molecule has 4 nitrogen and oxygen atoms in total. The maximum Gasteiger partial charge on any atom is 0.406 e. The van der Waals surface area contributed by atoms with E-state index in [1.54, 1.807) is 6.92 Å². The minimum absolute atomic E-state index is 0.0400. The SMILES string of the molecule is CC(C1CC1)N(CC(F)(F)F)C(=O)c1cncc(O)c1. The highest BCUT2D eigenvalue weighted by molar-refractivity contribution is 5.94. The summed E-state index contributed by atoms with van der Waals surface area (Å²) in [5.41, 5.74) is -0.0400. The summed E-state index contributed by atoms with van der Waals surface area (Å²) in [7, 11) is 0. The van der Waals surface area contributed by atoms with Crippen molar-refractivity contribution in [3.05, 3.63) is 24.0 Å². The smallest absolute Gasteiger partial charge is 0.406 e. The van der Waals surface area contributed by atoms with Crippen LogP contribution in [0.5, 0.6) is 5.75 Å². The fourth-order valence-corrected chi connectivity index (χ4v) is 2.14. The van der Waals surface area contributed by atoms with E-state index in [-0.39, 0.29) is 17.2 Å². The van der Waals surface area contributed by atoms with E-state index in [4.69, 9.17) is 0 Å². The van der Waals surface area contributed by atoms with Gasteiger partial charge in [0.25, 0.3) is 5.91 Å². The summed E-state index contributed by atoms with van der Waals surface area (Å²) in [6.45, 7) is 0.330. The van der Waals surface area contributed by atoms with Gasteiger partial charge in [0, 0.05) is 12.2 Å². The van der Waals surface area contributed by atoms with Crippen LogP contribution in [0.4, 0.5) is 13.2 Å². The molecule has 0 radical (unpaired) electrons. The Labute approximate surface area is 114 Å². The zero-order valence-corrected chi connectivity index (χ0v) is 10.9. The van der Waals surface area contributed by atoms with Crippen LogP contribution >= 0.6 is 0 Å². The van der Waals surface area contributed by atoms with Crippen LogP contribution in [-0.2, 0) is 0 Å². The number of aromatic hydroxyl groups is 1. The molecular weight excluding hydrogens is 273 g/mol. The first-order valence-electron chi connectivity index (χ1n) is 6.29. The van der Waals surface area contributed by atoms with E-state index in [0.29, 0.717) is 0 Å². The molecule has 1 heterocycles. The van der Waals surface area contributed by atoms with E-state index in [2.05, 4.69) is 4.98 Å². The Morgan fingerprint density at radius 3 is 2.65 bits per heavy atom. The Morgan fingerprint density at radius 1 is 1.50 bits per heavy atom. The Bertz CT molecular complexity index is 501. The number of hydrogen-bond donors (Lipinski definition) is 1. The Kier molecular flexibility index (Phi) is 3.87. The third-order valence-corrected chi connectivity index (χ3v) is 3.38. The van der Waals surface area contributed by atoms with Crippen LogP contribution in [0.3, 0.4) is 0 Å². The molecule has 0 spiro atoms. The van der Waals surface area contributed by atoms with Gasteiger partial charge in [0.1, 0.15) is 12.3 Å². The van der Waals surface area contributed by atoms with Crippen molar-refractivity contribution in [2.75, 3.05) is 6.54 Å². The van der Waals surface area contributed by atoms with Crippen molar-refractivity contribution >= 4 is 5.91 Å². The lowest BCUT2D eigenvalue weighted by molar-refractivity contribution is -0.144. The topological polar surface area (TPSA) is 53.4 Å². The molecule has 1 fully saturated rings. The predicted octanol–water partition coefficient (Wildman–Crippen LogP) is 2.59. The Morgan fingerprint density at radius 2 is 2.15 bits per heavy atom. The van der Waals surface area contributed by atoms with Gasteiger partial charge >= 0.3 is 6.18 Å². The Hall–Kier alpha value is -1.79. The number of amides is 1. The van der Waals surface area contributed by atoms with Crippen LogP contribution in [0.15, 0.2) is 18.5 Å². The summed E-state index contributed by atoms with van der Waals surface area (Å²) in [5.74, 6) is -0.890. The highest BCUT2D eigenvalue weighted by Gasteiger charge is 2.40. The fourth-order valence-electron chi connectivity index (χ4n) is 2.14. The third-order valence-electron chi connectivity index (χ3n) is 3.38. The van der Waals surface area contributed by atoms with Crippen molar-refractivity contribution in [2.24, 2.45) is 5.92 Å². The molecule has 1 aliphatic rings. The van der Waals surface area contributed by atoms with Gasteiger partial charge in [-0.2, -0.15) is 13.2 Å². The molecule has 1 atom stereocenters. The molecule has 110 valence electrons. The van der Waals surface area contributed by atoms with E-state index < -0.39 is 24.7 Å². The number of halogens is 3. The van der Waals surface area contributed by atoms with Crippen molar-refractivity contribution in [2.45, 2.75) is 32.0 Å². The number of rotatable bonds is 4. The number of nitrogens with zero attached hydrogens (tertiary/aromatic N) is 2. The number of hydrogen-bond acceptors (Lipinski definition) is 3. The van der Waals surface area contributed by atoms with Crippen LogP contribution in [0.25, 0.3) is 0 Å². The monoisotopic (exact) mass is 288 g/mol. The second-order valence-electron chi connectivity index (χ2n) is 5.06. The van der Waals surface area contributed by atoms with Crippen molar-refractivity contribution in [1.82, 2.24) is 9.88 Å². The number of aromatic nitrogens is 1. The average molecular weight is 288 g/mol. The van der Waals surface area contributed by atoms with Crippen LogP contribution in [0.1, 0.15) is 30.1 Å². The number of carbonyl (C=O) groups excluding carboxylic acids is 1. The molecule has 0 aliphatic heterocycles. The average Bonchev–Trinajstić information content (AvgIpc) is 3.17. The van der Waals surface area contributed by atoms with E-state index in [1.807, 2.05) is 0 Å². The van der Waals surface area contributed by atoms with Crippen molar-refractivity contribution in [3.63, 3.8) is 0 Å². The van der Waals surface area contributed by atoms with Gasteiger partial charge in [0.05, 0.1) is 11.8 Å². The predicted molar refractivity (Wildman–Crippen MR) is 65.2 cm³/mol. The third kappa shape index (κ3) is 3.61. The quantitative estimate of drug-likeness (QED) is 0.926. The molecule has 1 aromatic rings. The molecule has 7 heteroatoms. The standard InChI is InChI=1S/C13H15F3N2O2/c1-8(9-2-3-9)18(7-13(14,15)16)12(20)10-4-11(19)6-17-5-10/h4-6,8-9,19H,2-3,7H2,1H3. The number of alkyl halides is 3. The van der Waals surface area contributed by atoms with Crippen LogP contribution in [0, 0.1) is 5.92 Å². The number of carbonyl (C=O) groups is 1. The molecule has 0 bridgehead atoms. The zero-order valence-electron chi connectivity index (χ0n) is 10.9. The summed E-state index contributed by atoms with van der Waals surface area (Å²) in [5, 5.41) is 9.28. The molecule has 1 amide bonds. The van der Waals surface area contributed by atoms with Gasteiger partial charge in [0.2, 0.25) is 0 Å². The van der Waals surface area contributed by atoms with Gasteiger partial charge in [-0.25, -0.2) is 0 Å². The molecule has 1 saturated carbocycles. The summed E-state index contributed by atoms with van der Waals surface area (Å²) >= 11 is 0. The zero-order chi connectivity index (χ0) is 14.9. The van der Waals surface area contributed by atoms with Gasteiger partial charge in [-0.15, -0.1) is 0 Å². The summed E-state index contributed by atoms with van der Waals surface area (Å²) in [6.07, 6.45) is -0.508. The van der Waals surface area contributed by atoms with Crippen LogP contribution in [0.2, 0.25) is 0 Å². The van der Waals surface area contributed by atoms with E-state index in [9.17, 15) is 23.1 Å². The minimum atomic E-state index is -4.46. The first-order valence-corrected chi connectivity index (χ1v) is 6.29. The second-order valence-corrected chi connectivity index (χ2v) is 5.06. The maximum absolute atomic E-state index is 12.6. The fraction of sp³-hybridized carbons (Fsp3) is 0.538. The van der Waals surface area contributed by atoms with Gasteiger partial charge in [-0.05, 0) is 31.7 Å². The summed E-state index contributed by atoms with van der Waals surface area (Å²) in [6, 6.07) is 0.643. The molecule has 1 aromatic heterocycles. The summed E-state index contributed by atoms with van der Waals surface area (Å²) < 4.78 is 37.9. The van der Waals surface area contributed by atoms with Gasteiger partial charge < -0.3 is 10.0 Å². The lowest BCUT2D eigenvalue weighted by Crippen LogP contribution is -2.45. The molecule has 1 unspecified atom stereocenters. The lowest BCUT2D eigenvalue weighted by Gasteiger charge is -2.30. The highest BCUT2D eigenvalue weighted by Crippen LogP contribution is 2.36. The van der Waals surface area contributed by atoms with Crippen molar-refractivity contribution in [3.8, 4) is 5.75 Å².